The Balaban J connectivity index is 1.76. The number of aliphatic hydroxyl groups is 1. The molecule has 0 aromatic carbocycles. The molecule has 0 unspecified atom stereocenters. The third-order valence-corrected chi connectivity index (χ3v) is 20.1. The summed E-state index contributed by atoms with van der Waals surface area (Å²) in [7, 11) is 0. The SMILES string of the molecule is CCCCCCCCCCCCCCCCCCCCCC[C@@H](C(=O)O)[C@H](O)CCCCCCCCCCCCCCCCCCC[C@H](C)/C=C/CCCCCCCCCCCC[C@H]1O[C@H]1[C@H](C)CCCCCCCCCCCCCCCC. The number of carboxylic acid groups (broad SMARTS) is 1. The zero-order valence-electron chi connectivity index (χ0n) is 58.2. The average Bonchev–Trinajstić information content (AvgIpc) is 4.49. The van der Waals surface area contributed by atoms with Crippen LogP contribution in [0.2, 0.25) is 0 Å². The van der Waals surface area contributed by atoms with Crippen LogP contribution < -0.4 is 0 Å². The number of ether oxygens (including phenoxy) is 1. The predicted molar refractivity (Wildman–Crippen MR) is 374 cm³/mol. The van der Waals surface area contributed by atoms with Crippen LogP contribution in [0.1, 0.15) is 458 Å². The van der Waals surface area contributed by atoms with E-state index >= 15 is 0 Å². The molecule has 4 heteroatoms. The van der Waals surface area contributed by atoms with Crippen molar-refractivity contribution in [2.24, 2.45) is 17.8 Å². The minimum atomic E-state index is -0.801. The Morgan fingerprint density at radius 3 is 0.929 bits per heavy atom. The van der Waals surface area contributed by atoms with Gasteiger partial charge in [-0.05, 0) is 56.8 Å². The fraction of sp³-hybridized carbons (Fsp3) is 0.963. The lowest BCUT2D eigenvalue weighted by Gasteiger charge is -2.19. The molecule has 500 valence electrons. The van der Waals surface area contributed by atoms with Crippen molar-refractivity contribution in [2.75, 3.05) is 0 Å². The molecule has 0 spiro atoms. The van der Waals surface area contributed by atoms with Crippen molar-refractivity contribution in [3.63, 3.8) is 0 Å². The predicted octanol–water partition coefficient (Wildman–Crippen LogP) is 27.8. The quantitative estimate of drug-likeness (QED) is 0.0362. The van der Waals surface area contributed by atoms with Crippen molar-refractivity contribution < 1.29 is 19.7 Å². The van der Waals surface area contributed by atoms with Crippen LogP contribution in [0.4, 0.5) is 0 Å². The van der Waals surface area contributed by atoms with Crippen molar-refractivity contribution in [1.29, 1.82) is 0 Å². The number of epoxide rings is 1. The van der Waals surface area contributed by atoms with Crippen molar-refractivity contribution in [3.05, 3.63) is 12.2 Å². The molecule has 1 rings (SSSR count). The summed E-state index contributed by atoms with van der Waals surface area (Å²) in [6.45, 7) is 9.48. The fourth-order valence-electron chi connectivity index (χ4n) is 13.9. The summed E-state index contributed by atoms with van der Waals surface area (Å²) in [6.07, 6.45) is 96.4. The minimum absolute atomic E-state index is 0.581. The van der Waals surface area contributed by atoms with Crippen LogP contribution in [0.25, 0.3) is 0 Å². The van der Waals surface area contributed by atoms with Crippen LogP contribution in [-0.2, 0) is 9.53 Å². The summed E-state index contributed by atoms with van der Waals surface area (Å²) in [5.41, 5.74) is 0. The van der Waals surface area contributed by atoms with E-state index in [0.29, 0.717) is 25.0 Å². The zero-order chi connectivity index (χ0) is 60.5. The minimum Gasteiger partial charge on any atom is -0.481 e. The Kier molecular flexibility index (Phi) is 64.3. The van der Waals surface area contributed by atoms with Gasteiger partial charge in [0.25, 0.3) is 0 Å². The lowest BCUT2D eigenvalue weighted by atomic mass is 9.91. The second kappa shape index (κ2) is 66.5. The Labute approximate surface area is 529 Å². The van der Waals surface area contributed by atoms with Gasteiger partial charge in [0.2, 0.25) is 0 Å². The van der Waals surface area contributed by atoms with Gasteiger partial charge in [0.15, 0.2) is 0 Å². The summed E-state index contributed by atoms with van der Waals surface area (Å²) in [4.78, 5) is 11.9. The molecule has 6 atom stereocenters. The third-order valence-electron chi connectivity index (χ3n) is 20.1. The van der Waals surface area contributed by atoms with Crippen LogP contribution in [-0.4, -0.2) is 34.5 Å². The third kappa shape index (κ3) is 58.8. The van der Waals surface area contributed by atoms with Gasteiger partial charge in [0.1, 0.15) is 0 Å². The van der Waals surface area contributed by atoms with Crippen molar-refractivity contribution >= 4 is 5.97 Å². The number of aliphatic carboxylic acids is 1. The van der Waals surface area contributed by atoms with Crippen LogP contribution >= 0.6 is 0 Å². The molecule has 0 aromatic heterocycles. The molecule has 0 saturated carbocycles. The standard InChI is InChI=1S/C80H156O4/c1-5-7-9-11-13-15-17-19-21-22-23-24-27-30-34-41-47-53-59-65-71-76(80(82)83)77(81)72-66-60-54-48-42-35-31-28-25-26-29-32-38-44-50-56-62-68-74(3)69-63-57-51-45-39-36-37-43-49-55-61-67-73-78-79(84-78)75(4)70-64-58-52-46-40-33-20-18-16-14-12-10-8-6-2/h63,69,74-79,81H,5-62,64-68,70-73H2,1-4H3,(H,82,83)/b69-63+/t74-,75+,76+,77+,78+,79-/m0/s1. The van der Waals surface area contributed by atoms with Crippen LogP contribution in [0.5, 0.6) is 0 Å². The summed E-state index contributed by atoms with van der Waals surface area (Å²) in [5.74, 6) is 0.125. The van der Waals surface area contributed by atoms with Gasteiger partial charge in [-0.15, -0.1) is 0 Å². The number of aliphatic hydroxyl groups excluding tert-OH is 1. The summed E-state index contributed by atoms with van der Waals surface area (Å²) in [6, 6.07) is 0. The second-order valence-corrected chi connectivity index (χ2v) is 28.6. The number of unbranched alkanes of at least 4 members (excludes halogenated alkanes) is 58. The van der Waals surface area contributed by atoms with E-state index in [9.17, 15) is 15.0 Å². The molecule has 0 bridgehead atoms. The molecule has 0 aliphatic carbocycles. The molecular formula is C80H156O4. The van der Waals surface area contributed by atoms with Gasteiger partial charge in [0, 0.05) is 0 Å². The highest BCUT2D eigenvalue weighted by Crippen LogP contribution is 2.36. The van der Waals surface area contributed by atoms with Gasteiger partial charge < -0.3 is 14.9 Å². The highest BCUT2D eigenvalue weighted by Gasteiger charge is 2.41. The molecule has 1 saturated heterocycles. The van der Waals surface area contributed by atoms with Gasteiger partial charge in [-0.1, -0.05) is 425 Å². The van der Waals surface area contributed by atoms with E-state index in [1.165, 1.54) is 392 Å². The molecule has 1 fully saturated rings. The molecule has 1 heterocycles. The summed E-state index contributed by atoms with van der Waals surface area (Å²) in [5, 5.41) is 20.5. The monoisotopic (exact) mass is 1180 g/mol. The maximum atomic E-state index is 11.9. The molecule has 1 aliphatic rings. The van der Waals surface area contributed by atoms with Crippen molar-refractivity contribution in [2.45, 2.75) is 476 Å². The Hall–Kier alpha value is -0.870. The van der Waals surface area contributed by atoms with E-state index in [4.69, 9.17) is 4.74 Å². The maximum Gasteiger partial charge on any atom is 0.309 e. The first-order valence-corrected chi connectivity index (χ1v) is 39.6. The zero-order valence-corrected chi connectivity index (χ0v) is 58.2. The fourth-order valence-corrected chi connectivity index (χ4v) is 13.9. The molecule has 1 aliphatic heterocycles. The number of hydrogen-bond donors (Lipinski definition) is 2. The number of carbonyl (C=O) groups is 1. The van der Waals surface area contributed by atoms with E-state index in [-0.39, 0.29) is 0 Å². The molecule has 0 radical (unpaired) electrons. The number of rotatable bonds is 73. The number of hydrogen-bond acceptors (Lipinski definition) is 3. The largest absolute Gasteiger partial charge is 0.481 e. The molecule has 4 nitrogen and oxygen atoms in total. The Morgan fingerprint density at radius 1 is 0.345 bits per heavy atom. The van der Waals surface area contributed by atoms with Gasteiger partial charge in [-0.2, -0.15) is 0 Å². The van der Waals surface area contributed by atoms with E-state index in [0.717, 1.165) is 37.5 Å². The number of carboxylic acids is 1. The van der Waals surface area contributed by atoms with E-state index in [1.54, 1.807) is 0 Å². The lowest BCUT2D eigenvalue weighted by molar-refractivity contribution is -0.146. The van der Waals surface area contributed by atoms with E-state index in [2.05, 4.69) is 39.8 Å². The summed E-state index contributed by atoms with van der Waals surface area (Å²) >= 11 is 0. The topological polar surface area (TPSA) is 70.1 Å². The first kappa shape index (κ1) is 81.1. The van der Waals surface area contributed by atoms with Crippen LogP contribution in [0, 0.1) is 17.8 Å². The van der Waals surface area contributed by atoms with Crippen LogP contribution in [0.15, 0.2) is 12.2 Å². The highest BCUT2D eigenvalue weighted by atomic mass is 16.6. The smallest absolute Gasteiger partial charge is 0.309 e. The van der Waals surface area contributed by atoms with Crippen molar-refractivity contribution in [3.8, 4) is 0 Å². The Morgan fingerprint density at radius 2 is 0.607 bits per heavy atom. The average molecular weight is 1180 g/mol. The second-order valence-electron chi connectivity index (χ2n) is 28.6. The van der Waals surface area contributed by atoms with Gasteiger partial charge in [-0.3, -0.25) is 4.79 Å². The first-order chi connectivity index (χ1) is 41.4. The van der Waals surface area contributed by atoms with Gasteiger partial charge in [-0.25, -0.2) is 0 Å². The molecule has 0 amide bonds. The van der Waals surface area contributed by atoms with Crippen LogP contribution in [0.3, 0.4) is 0 Å². The first-order valence-electron chi connectivity index (χ1n) is 39.6. The van der Waals surface area contributed by atoms with E-state index in [1.807, 2.05) is 0 Å². The normalized spacial score (nSPS) is 15.8. The molecule has 2 N–H and O–H groups in total. The summed E-state index contributed by atoms with van der Waals surface area (Å²) < 4.78 is 6.14. The Bertz CT molecular complexity index is 1300. The highest BCUT2D eigenvalue weighted by molar-refractivity contribution is 5.70. The molecular weight excluding hydrogens is 1020 g/mol. The van der Waals surface area contributed by atoms with Crippen molar-refractivity contribution in [1.82, 2.24) is 0 Å². The van der Waals surface area contributed by atoms with Gasteiger partial charge >= 0.3 is 5.97 Å². The molecule has 84 heavy (non-hydrogen) atoms. The van der Waals surface area contributed by atoms with Gasteiger partial charge in [0.05, 0.1) is 24.2 Å². The maximum absolute atomic E-state index is 11.9. The molecule has 0 aromatic rings. The lowest BCUT2D eigenvalue weighted by Crippen LogP contribution is -2.28. The number of allylic oxidation sites excluding steroid dienone is 2. The van der Waals surface area contributed by atoms with E-state index < -0.39 is 18.0 Å².